The van der Waals surface area contributed by atoms with Gasteiger partial charge in [-0.3, -0.25) is 9.36 Å². The first-order chi connectivity index (χ1) is 13.7. The van der Waals surface area contributed by atoms with Crippen LogP contribution in [0, 0.1) is 6.92 Å². The highest BCUT2D eigenvalue weighted by atomic mass is 32.1. The fourth-order valence-electron chi connectivity index (χ4n) is 3.30. The summed E-state index contributed by atoms with van der Waals surface area (Å²) in [5, 5.41) is 9.67. The first-order valence-electron chi connectivity index (χ1n) is 9.18. The number of aryl methyl sites for hydroxylation is 1. The summed E-state index contributed by atoms with van der Waals surface area (Å²) in [6.07, 6.45) is 0.314. The van der Waals surface area contributed by atoms with E-state index in [4.69, 9.17) is 4.74 Å². The maximum Gasteiger partial charge on any atom is 0.346 e. The number of aromatic nitrogens is 2. The summed E-state index contributed by atoms with van der Waals surface area (Å²) in [5.74, 6) is -1.28. The van der Waals surface area contributed by atoms with Crippen molar-refractivity contribution in [2.24, 2.45) is 0 Å². The number of rotatable bonds is 6. The predicted molar refractivity (Wildman–Crippen MR) is 111 cm³/mol. The van der Waals surface area contributed by atoms with Gasteiger partial charge in [0.15, 0.2) is 0 Å². The third-order valence-electron chi connectivity index (χ3n) is 4.77. The summed E-state index contributed by atoms with van der Waals surface area (Å²) >= 11 is 0.969. The smallest absolute Gasteiger partial charge is 0.346 e. The van der Waals surface area contributed by atoms with Gasteiger partial charge in [-0.2, -0.15) is 0 Å². The molecule has 3 aromatic rings. The van der Waals surface area contributed by atoms with Crippen LogP contribution in [-0.4, -0.2) is 33.2 Å². The standard InChI is InChI=1S/C21H22N2O5S/c1-5-28-20(27)21(3,4)23-14(11-13-9-7-6-8-10-13)22-17-15(18(23)24)12(2)16(29-17)19(25)26/h6-10H,5,11H2,1-4H3,(H,25,26). The summed E-state index contributed by atoms with van der Waals surface area (Å²) < 4.78 is 6.53. The van der Waals surface area contributed by atoms with E-state index in [1.165, 1.54) is 4.57 Å². The number of carboxylic acid groups (broad SMARTS) is 1. The highest BCUT2D eigenvalue weighted by Gasteiger charge is 2.36. The van der Waals surface area contributed by atoms with E-state index in [1.54, 1.807) is 27.7 Å². The van der Waals surface area contributed by atoms with Crippen molar-refractivity contribution in [3.8, 4) is 0 Å². The van der Waals surface area contributed by atoms with Crippen LogP contribution in [0.5, 0.6) is 0 Å². The summed E-state index contributed by atoms with van der Waals surface area (Å²) in [6.45, 7) is 6.68. The van der Waals surface area contributed by atoms with Gasteiger partial charge < -0.3 is 9.84 Å². The van der Waals surface area contributed by atoms with E-state index in [0.717, 1.165) is 16.9 Å². The minimum Gasteiger partial charge on any atom is -0.477 e. The van der Waals surface area contributed by atoms with E-state index in [2.05, 4.69) is 4.98 Å². The van der Waals surface area contributed by atoms with Gasteiger partial charge in [0.2, 0.25) is 0 Å². The number of carboxylic acids is 1. The number of nitrogens with zero attached hydrogens (tertiary/aromatic N) is 2. The minimum absolute atomic E-state index is 0.0713. The van der Waals surface area contributed by atoms with Crippen molar-refractivity contribution in [1.82, 2.24) is 9.55 Å². The Kier molecular flexibility index (Phi) is 5.57. The molecular weight excluding hydrogens is 392 g/mol. The van der Waals surface area contributed by atoms with Gasteiger partial charge in [-0.05, 0) is 38.8 Å². The second kappa shape index (κ2) is 7.79. The van der Waals surface area contributed by atoms with E-state index in [1.807, 2.05) is 30.3 Å². The number of hydrogen-bond donors (Lipinski definition) is 1. The molecule has 8 heteroatoms. The number of fused-ring (bicyclic) bond motifs is 1. The number of esters is 1. The Hall–Kier alpha value is -3.00. The minimum atomic E-state index is -1.31. The van der Waals surface area contributed by atoms with Crippen molar-refractivity contribution in [2.45, 2.75) is 39.7 Å². The second-order valence-electron chi connectivity index (χ2n) is 7.15. The third-order valence-corrected chi connectivity index (χ3v) is 5.94. The Morgan fingerprint density at radius 2 is 1.90 bits per heavy atom. The van der Waals surface area contributed by atoms with Crippen molar-refractivity contribution in [2.75, 3.05) is 6.61 Å². The lowest BCUT2D eigenvalue weighted by atomic mass is 10.0. The Bertz CT molecular complexity index is 1150. The summed E-state index contributed by atoms with van der Waals surface area (Å²) in [6, 6.07) is 9.45. The van der Waals surface area contributed by atoms with Crippen LogP contribution in [0.1, 0.15) is 47.4 Å². The number of hydrogen-bond acceptors (Lipinski definition) is 6. The van der Waals surface area contributed by atoms with Crippen molar-refractivity contribution in [1.29, 1.82) is 0 Å². The molecule has 2 aromatic heterocycles. The van der Waals surface area contributed by atoms with Crippen molar-refractivity contribution in [3.63, 3.8) is 0 Å². The van der Waals surface area contributed by atoms with Gasteiger partial charge in [-0.15, -0.1) is 11.3 Å². The number of carbonyl (C=O) groups is 2. The summed E-state index contributed by atoms with van der Waals surface area (Å²) in [5.41, 5.74) is -0.482. The van der Waals surface area contributed by atoms with Gasteiger partial charge >= 0.3 is 11.9 Å². The molecule has 29 heavy (non-hydrogen) atoms. The molecule has 0 bridgehead atoms. The van der Waals surface area contributed by atoms with Crippen molar-refractivity contribution in [3.05, 3.63) is 62.5 Å². The van der Waals surface area contributed by atoms with Crippen LogP contribution in [0.4, 0.5) is 0 Å². The predicted octanol–water partition coefficient (Wildman–Crippen LogP) is 3.35. The van der Waals surface area contributed by atoms with Crippen LogP contribution in [0.15, 0.2) is 35.1 Å². The van der Waals surface area contributed by atoms with E-state index >= 15 is 0 Å². The van der Waals surface area contributed by atoms with Crippen LogP contribution in [0.3, 0.4) is 0 Å². The molecule has 0 aliphatic carbocycles. The van der Waals surface area contributed by atoms with Gasteiger partial charge in [-0.1, -0.05) is 30.3 Å². The molecule has 7 nitrogen and oxygen atoms in total. The molecule has 0 aliphatic rings. The molecular formula is C21H22N2O5S. The zero-order valence-corrected chi connectivity index (χ0v) is 17.5. The molecule has 3 rings (SSSR count). The molecule has 152 valence electrons. The monoisotopic (exact) mass is 414 g/mol. The topological polar surface area (TPSA) is 98.5 Å². The van der Waals surface area contributed by atoms with E-state index < -0.39 is 23.0 Å². The number of carbonyl (C=O) groups excluding carboxylic acids is 1. The molecule has 0 atom stereocenters. The third kappa shape index (κ3) is 3.67. The van der Waals surface area contributed by atoms with E-state index in [0.29, 0.717) is 22.6 Å². The van der Waals surface area contributed by atoms with Crippen LogP contribution >= 0.6 is 11.3 Å². The molecule has 0 radical (unpaired) electrons. The average molecular weight is 414 g/mol. The lowest BCUT2D eigenvalue weighted by Crippen LogP contribution is -2.46. The van der Waals surface area contributed by atoms with Crippen LogP contribution < -0.4 is 5.56 Å². The highest BCUT2D eigenvalue weighted by molar-refractivity contribution is 7.20. The lowest BCUT2D eigenvalue weighted by molar-refractivity contribution is -0.152. The maximum atomic E-state index is 13.5. The Balaban J connectivity index is 2.33. The first kappa shape index (κ1) is 20.7. The molecule has 0 amide bonds. The van der Waals surface area contributed by atoms with Gasteiger partial charge in [0, 0.05) is 6.42 Å². The molecule has 0 saturated carbocycles. The fourth-order valence-corrected chi connectivity index (χ4v) is 4.33. The first-order valence-corrected chi connectivity index (χ1v) is 10.00. The van der Waals surface area contributed by atoms with Gasteiger partial charge in [-0.25, -0.2) is 14.6 Å². The Morgan fingerprint density at radius 3 is 2.48 bits per heavy atom. The fraction of sp³-hybridized carbons (Fsp3) is 0.333. The summed E-state index contributed by atoms with van der Waals surface area (Å²) in [7, 11) is 0. The number of ether oxygens (including phenoxy) is 1. The van der Waals surface area contributed by atoms with E-state index in [-0.39, 0.29) is 16.9 Å². The zero-order chi connectivity index (χ0) is 21.3. The Morgan fingerprint density at radius 1 is 1.24 bits per heavy atom. The molecule has 0 aliphatic heterocycles. The SMILES string of the molecule is CCOC(=O)C(C)(C)n1c(Cc2ccccc2)nc2sc(C(=O)O)c(C)c2c1=O. The van der Waals surface area contributed by atoms with Crippen LogP contribution in [-0.2, 0) is 21.5 Å². The van der Waals surface area contributed by atoms with Crippen LogP contribution in [0.25, 0.3) is 10.2 Å². The quantitative estimate of drug-likeness (QED) is 0.621. The lowest BCUT2D eigenvalue weighted by Gasteiger charge is -2.27. The molecule has 1 aromatic carbocycles. The largest absolute Gasteiger partial charge is 0.477 e. The number of aromatic carboxylic acids is 1. The summed E-state index contributed by atoms with van der Waals surface area (Å²) in [4.78, 5) is 42.7. The maximum absolute atomic E-state index is 13.5. The number of benzene rings is 1. The second-order valence-corrected chi connectivity index (χ2v) is 8.15. The molecule has 2 heterocycles. The Labute approximate surface area is 171 Å². The zero-order valence-electron chi connectivity index (χ0n) is 16.7. The van der Waals surface area contributed by atoms with Gasteiger partial charge in [0.05, 0.1) is 12.0 Å². The molecule has 0 fully saturated rings. The van der Waals surface area contributed by atoms with Crippen LogP contribution in [0.2, 0.25) is 0 Å². The molecule has 0 saturated heterocycles. The van der Waals surface area contributed by atoms with Crippen molar-refractivity contribution >= 4 is 33.5 Å². The van der Waals surface area contributed by atoms with Gasteiger partial charge in [0.1, 0.15) is 21.1 Å². The number of thiophene rings is 1. The van der Waals surface area contributed by atoms with Crippen molar-refractivity contribution < 1.29 is 19.4 Å². The molecule has 1 N–H and O–H groups in total. The van der Waals surface area contributed by atoms with Gasteiger partial charge in [0.25, 0.3) is 5.56 Å². The van der Waals surface area contributed by atoms with E-state index in [9.17, 15) is 19.5 Å². The average Bonchev–Trinajstić information content (AvgIpc) is 2.99. The highest BCUT2D eigenvalue weighted by Crippen LogP contribution is 2.29. The molecule has 0 unspecified atom stereocenters. The normalized spacial score (nSPS) is 11.6. The molecule has 0 spiro atoms.